The summed E-state index contributed by atoms with van der Waals surface area (Å²) in [6, 6.07) is 0. The van der Waals surface area contributed by atoms with E-state index < -0.39 is 0 Å². The number of aliphatic imine (C=N–C) groups is 1. The van der Waals surface area contributed by atoms with E-state index in [0.717, 1.165) is 19.4 Å². The number of carbonyl (C=O) groups excluding carboxylic acids is 1. The maximum Gasteiger partial charge on any atom is 0.225 e. The molecule has 0 aromatic rings. The van der Waals surface area contributed by atoms with Gasteiger partial charge in [-0.25, -0.2) is 0 Å². The normalized spacial score (nSPS) is 27.5. The molecular weight excluding hydrogens is 152 g/mol. The minimum Gasteiger partial charge on any atom is -0.349 e. The summed E-state index contributed by atoms with van der Waals surface area (Å²) in [5, 5.41) is 0. The molecule has 1 aliphatic rings. The maximum atomic E-state index is 11.4. The van der Waals surface area contributed by atoms with Crippen molar-refractivity contribution in [2.75, 3.05) is 20.6 Å². The lowest BCUT2D eigenvalue weighted by atomic mass is 9.74. The molecule has 1 aliphatic carbocycles. The van der Waals surface area contributed by atoms with Crippen LogP contribution in [-0.2, 0) is 4.79 Å². The van der Waals surface area contributed by atoms with E-state index in [2.05, 4.69) is 11.7 Å². The monoisotopic (exact) mass is 168 g/mol. The van der Waals surface area contributed by atoms with Gasteiger partial charge in [0, 0.05) is 26.6 Å². The minimum atomic E-state index is 0.256. The second-order valence-corrected chi connectivity index (χ2v) is 3.67. The summed E-state index contributed by atoms with van der Waals surface area (Å²) < 4.78 is 0. The van der Waals surface area contributed by atoms with Gasteiger partial charge in [-0.3, -0.25) is 4.79 Å². The van der Waals surface area contributed by atoms with Gasteiger partial charge in [-0.05, 0) is 25.5 Å². The molecule has 68 valence electrons. The average Bonchev–Trinajstić information content (AvgIpc) is 1.94. The van der Waals surface area contributed by atoms with Gasteiger partial charge in [0.2, 0.25) is 5.91 Å². The topological polar surface area (TPSA) is 32.7 Å². The maximum absolute atomic E-state index is 11.4. The Kier molecular flexibility index (Phi) is 2.84. The number of nitrogens with zero attached hydrogens (tertiary/aromatic N) is 2. The first kappa shape index (κ1) is 9.23. The molecule has 1 saturated carbocycles. The largest absolute Gasteiger partial charge is 0.349 e. The van der Waals surface area contributed by atoms with Crippen molar-refractivity contribution in [1.82, 2.24) is 4.90 Å². The zero-order valence-electron chi connectivity index (χ0n) is 7.79. The Balaban J connectivity index is 2.25. The van der Waals surface area contributed by atoms with Crippen LogP contribution in [0.5, 0.6) is 0 Å². The first-order chi connectivity index (χ1) is 5.65. The molecule has 0 aromatic carbocycles. The van der Waals surface area contributed by atoms with Gasteiger partial charge in [-0.2, -0.15) is 0 Å². The molecule has 12 heavy (non-hydrogen) atoms. The van der Waals surface area contributed by atoms with E-state index in [1.807, 2.05) is 0 Å². The van der Waals surface area contributed by atoms with E-state index in [0.29, 0.717) is 5.92 Å². The molecule has 0 N–H and O–H groups in total. The van der Waals surface area contributed by atoms with Crippen molar-refractivity contribution in [2.45, 2.75) is 12.8 Å². The van der Waals surface area contributed by atoms with Crippen LogP contribution >= 0.6 is 0 Å². The number of carbonyl (C=O) groups is 1. The Labute approximate surface area is 73.5 Å². The highest BCUT2D eigenvalue weighted by atomic mass is 16.2. The molecule has 0 heterocycles. The molecule has 3 nitrogen and oxygen atoms in total. The summed E-state index contributed by atoms with van der Waals surface area (Å²) in [7, 11) is 3.61. The third kappa shape index (κ3) is 1.84. The highest BCUT2D eigenvalue weighted by Crippen LogP contribution is 2.34. The molecule has 0 saturated heterocycles. The van der Waals surface area contributed by atoms with E-state index in [1.54, 1.807) is 19.0 Å². The first-order valence-electron chi connectivity index (χ1n) is 4.28. The zero-order valence-corrected chi connectivity index (χ0v) is 7.79. The van der Waals surface area contributed by atoms with E-state index in [-0.39, 0.29) is 11.8 Å². The van der Waals surface area contributed by atoms with E-state index >= 15 is 0 Å². The minimum absolute atomic E-state index is 0.256. The van der Waals surface area contributed by atoms with Crippen LogP contribution < -0.4 is 0 Å². The van der Waals surface area contributed by atoms with Crippen LogP contribution in [0.3, 0.4) is 0 Å². The van der Waals surface area contributed by atoms with Gasteiger partial charge in [0.25, 0.3) is 0 Å². The SMILES string of the molecule is C=NCC1CC(C(=O)N(C)C)C1. The van der Waals surface area contributed by atoms with Gasteiger partial charge in [0.1, 0.15) is 0 Å². The molecular formula is C9H16N2O. The van der Waals surface area contributed by atoms with Gasteiger partial charge >= 0.3 is 0 Å². The summed E-state index contributed by atoms with van der Waals surface area (Å²) in [5.41, 5.74) is 0. The molecule has 3 heteroatoms. The molecule has 1 amide bonds. The molecule has 0 aromatic heterocycles. The summed E-state index contributed by atoms with van der Waals surface area (Å²) in [6.07, 6.45) is 1.99. The number of rotatable bonds is 3. The van der Waals surface area contributed by atoms with Gasteiger partial charge < -0.3 is 9.89 Å². The molecule has 0 atom stereocenters. The van der Waals surface area contributed by atoms with E-state index in [1.165, 1.54) is 0 Å². The second kappa shape index (κ2) is 3.70. The third-order valence-electron chi connectivity index (χ3n) is 2.41. The molecule has 1 rings (SSSR count). The molecule has 0 aliphatic heterocycles. The van der Waals surface area contributed by atoms with Gasteiger partial charge in [-0.1, -0.05) is 0 Å². The van der Waals surface area contributed by atoms with E-state index in [9.17, 15) is 4.79 Å². The molecule has 0 unspecified atom stereocenters. The molecule has 0 radical (unpaired) electrons. The van der Waals surface area contributed by atoms with Crippen molar-refractivity contribution < 1.29 is 4.79 Å². The summed E-state index contributed by atoms with van der Waals surface area (Å²) in [4.78, 5) is 16.8. The highest BCUT2D eigenvalue weighted by molar-refractivity contribution is 5.79. The van der Waals surface area contributed by atoms with Crippen LogP contribution in [0.2, 0.25) is 0 Å². The summed E-state index contributed by atoms with van der Waals surface area (Å²) >= 11 is 0. The van der Waals surface area contributed by atoms with Crippen LogP contribution in [0.4, 0.5) is 0 Å². The lowest BCUT2D eigenvalue weighted by Gasteiger charge is -2.34. The van der Waals surface area contributed by atoms with Gasteiger partial charge in [0.05, 0.1) is 0 Å². The van der Waals surface area contributed by atoms with Crippen LogP contribution in [0.15, 0.2) is 4.99 Å². The fraction of sp³-hybridized carbons (Fsp3) is 0.778. The van der Waals surface area contributed by atoms with Gasteiger partial charge in [-0.15, -0.1) is 0 Å². The second-order valence-electron chi connectivity index (χ2n) is 3.67. The number of hydrogen-bond acceptors (Lipinski definition) is 2. The standard InChI is InChI=1S/C9H16N2O/c1-10-6-7-4-8(5-7)9(12)11(2)3/h7-8H,1,4-6H2,2-3H3. The molecule has 0 spiro atoms. The van der Waals surface area contributed by atoms with Crippen molar-refractivity contribution in [1.29, 1.82) is 0 Å². The highest BCUT2D eigenvalue weighted by Gasteiger charge is 2.34. The number of hydrogen-bond donors (Lipinski definition) is 0. The van der Waals surface area contributed by atoms with Crippen LogP contribution in [0.25, 0.3) is 0 Å². The molecule has 1 fully saturated rings. The summed E-state index contributed by atoms with van der Waals surface area (Å²) in [5.74, 6) is 1.12. The first-order valence-corrected chi connectivity index (χ1v) is 4.28. The lowest BCUT2D eigenvalue weighted by Crippen LogP contribution is -2.38. The molecule has 0 bridgehead atoms. The predicted octanol–water partition coefficient (Wildman–Crippen LogP) is 0.801. The Morgan fingerprint density at radius 3 is 2.58 bits per heavy atom. The Morgan fingerprint density at radius 2 is 2.17 bits per heavy atom. The fourth-order valence-corrected chi connectivity index (χ4v) is 1.63. The van der Waals surface area contributed by atoms with Crippen molar-refractivity contribution in [2.24, 2.45) is 16.8 Å². The van der Waals surface area contributed by atoms with Crippen molar-refractivity contribution in [3.63, 3.8) is 0 Å². The van der Waals surface area contributed by atoms with Crippen LogP contribution in [-0.4, -0.2) is 38.2 Å². The van der Waals surface area contributed by atoms with Crippen molar-refractivity contribution >= 4 is 12.6 Å². The van der Waals surface area contributed by atoms with Crippen LogP contribution in [0.1, 0.15) is 12.8 Å². The van der Waals surface area contributed by atoms with E-state index in [4.69, 9.17) is 0 Å². The number of amides is 1. The van der Waals surface area contributed by atoms with Gasteiger partial charge in [0.15, 0.2) is 0 Å². The van der Waals surface area contributed by atoms with Crippen molar-refractivity contribution in [3.8, 4) is 0 Å². The Bertz CT molecular complexity index is 183. The summed E-state index contributed by atoms with van der Waals surface area (Å²) in [6.45, 7) is 4.26. The fourth-order valence-electron chi connectivity index (χ4n) is 1.63. The zero-order chi connectivity index (χ0) is 9.14. The van der Waals surface area contributed by atoms with Crippen LogP contribution in [0, 0.1) is 11.8 Å². The third-order valence-corrected chi connectivity index (χ3v) is 2.41. The lowest BCUT2D eigenvalue weighted by molar-refractivity contribution is -0.137. The van der Waals surface area contributed by atoms with Crippen molar-refractivity contribution in [3.05, 3.63) is 0 Å². The predicted molar refractivity (Wildman–Crippen MR) is 49.3 cm³/mol. The Morgan fingerprint density at radius 1 is 1.58 bits per heavy atom. The quantitative estimate of drug-likeness (QED) is 0.574. The smallest absolute Gasteiger partial charge is 0.225 e. The Hall–Kier alpha value is -0.860. The average molecular weight is 168 g/mol.